The molecule has 48 heavy (non-hydrogen) atoms. The Balaban J connectivity index is 1.02. The number of rotatable bonds is 10. The van der Waals surface area contributed by atoms with Crippen LogP contribution in [-0.4, -0.2) is 62.7 Å². The van der Waals surface area contributed by atoms with E-state index in [4.69, 9.17) is 0 Å². The van der Waals surface area contributed by atoms with Gasteiger partial charge in [-0.1, -0.05) is 42.5 Å². The van der Waals surface area contributed by atoms with Crippen molar-refractivity contribution >= 4 is 52.2 Å². The van der Waals surface area contributed by atoms with E-state index in [-0.39, 0.29) is 23.0 Å². The molecule has 3 N–H and O–H groups in total. The van der Waals surface area contributed by atoms with Gasteiger partial charge in [0.1, 0.15) is 11.4 Å². The van der Waals surface area contributed by atoms with Crippen molar-refractivity contribution in [2.75, 3.05) is 36.8 Å². The van der Waals surface area contributed by atoms with Crippen LogP contribution in [0.15, 0.2) is 85.3 Å². The van der Waals surface area contributed by atoms with Crippen LogP contribution in [0.5, 0.6) is 0 Å². The third kappa shape index (κ3) is 7.71. The van der Waals surface area contributed by atoms with Gasteiger partial charge < -0.3 is 34.9 Å². The second-order valence-corrected chi connectivity index (χ2v) is 12.3. The highest BCUT2D eigenvalue weighted by Gasteiger charge is 2.22. The highest BCUT2D eigenvalue weighted by Crippen LogP contribution is 2.20. The van der Waals surface area contributed by atoms with Gasteiger partial charge in [-0.05, 0) is 66.8 Å². The normalized spacial score (nSPS) is 14.2. The Kier molecular flexibility index (Phi) is 9.51. The Morgan fingerprint density at radius 1 is 0.792 bits per heavy atom. The highest BCUT2D eigenvalue weighted by atomic mass is 16.5. The van der Waals surface area contributed by atoms with Crippen LogP contribution in [0.25, 0.3) is 23.1 Å². The van der Waals surface area contributed by atoms with E-state index in [1.807, 2.05) is 54.7 Å². The number of pyridine rings is 1. The number of piperidine rings is 1. The Labute approximate surface area is 279 Å². The van der Waals surface area contributed by atoms with Gasteiger partial charge in [-0.3, -0.25) is 19.4 Å². The summed E-state index contributed by atoms with van der Waals surface area (Å²) in [5.74, 6) is -1.00. The first kappa shape index (κ1) is 32.4. The number of fused-ring (bicyclic) bond motifs is 1. The molecule has 1 fully saturated rings. The molecule has 0 saturated carbocycles. The van der Waals surface area contributed by atoms with Crippen molar-refractivity contribution in [2.45, 2.75) is 19.3 Å². The highest BCUT2D eigenvalue weighted by molar-refractivity contribution is 6.07. The number of hydrogen-bond acceptors (Lipinski definition) is 5. The zero-order valence-electron chi connectivity index (χ0n) is 27.1. The second-order valence-electron chi connectivity index (χ2n) is 12.3. The van der Waals surface area contributed by atoms with Gasteiger partial charge in [0.25, 0.3) is 17.7 Å². The molecule has 3 amide bonds. The molecule has 1 saturated heterocycles. The summed E-state index contributed by atoms with van der Waals surface area (Å²) in [7, 11) is 3.44. The van der Waals surface area contributed by atoms with Crippen molar-refractivity contribution in [1.82, 2.24) is 19.4 Å². The number of likely N-dealkylation sites (tertiary alicyclic amines) is 1. The Hall–Kier alpha value is -5.52. The number of aryl methyl sites for hydroxylation is 2. The summed E-state index contributed by atoms with van der Waals surface area (Å²) in [5, 5.41) is 22.3. The number of nitrogens with zero attached hydrogens (tertiary/aromatic N) is 4. The number of nitrogens with one attached hydrogen (secondary N) is 3. The molecule has 2 aromatic carbocycles. The molecule has 11 nitrogen and oxygen atoms in total. The van der Waals surface area contributed by atoms with Crippen LogP contribution >= 0.6 is 0 Å². The van der Waals surface area contributed by atoms with Gasteiger partial charge in [0.15, 0.2) is 0 Å². The number of carbonyl (C=O) groups is 3. The Bertz CT molecular complexity index is 1980. The molecule has 5 aromatic rings. The summed E-state index contributed by atoms with van der Waals surface area (Å²) < 4.78 is 2.99. The molecule has 0 bridgehead atoms. The molecule has 0 spiro atoms. The zero-order chi connectivity index (χ0) is 33.7. The molecule has 6 rings (SSSR count). The summed E-state index contributed by atoms with van der Waals surface area (Å²) in [6.07, 6.45) is 12.0. The number of carbonyl (C=O) groups excluding carboxylic acids is 3. The fourth-order valence-corrected chi connectivity index (χ4v) is 6.01. The molecule has 0 atom stereocenters. The summed E-state index contributed by atoms with van der Waals surface area (Å²) in [4.78, 5) is 43.4. The quantitative estimate of drug-likeness (QED) is 0.130. The van der Waals surface area contributed by atoms with Crippen LogP contribution < -0.4 is 16.0 Å². The van der Waals surface area contributed by atoms with Crippen molar-refractivity contribution in [3.05, 3.63) is 119 Å². The van der Waals surface area contributed by atoms with E-state index in [9.17, 15) is 19.6 Å². The maximum Gasteiger partial charge on any atom is 0.272 e. The third-order valence-corrected chi connectivity index (χ3v) is 8.68. The van der Waals surface area contributed by atoms with E-state index in [2.05, 4.69) is 27.0 Å². The topological polar surface area (TPSA) is 133 Å². The van der Waals surface area contributed by atoms with Crippen LogP contribution in [0.3, 0.4) is 0 Å². The van der Waals surface area contributed by atoms with Crippen molar-refractivity contribution in [1.29, 1.82) is 0 Å². The van der Waals surface area contributed by atoms with E-state index >= 15 is 0 Å². The number of hydroxylamine groups is 3. The number of amides is 3. The van der Waals surface area contributed by atoms with Crippen LogP contribution in [0, 0.1) is 5.21 Å². The Morgan fingerprint density at radius 3 is 2.12 bits per heavy atom. The molecule has 0 radical (unpaired) electrons. The maximum absolute atomic E-state index is 13.1. The fraction of sp³-hybridized carbons (Fsp3) is 0.243. The van der Waals surface area contributed by atoms with Gasteiger partial charge in [-0.2, -0.15) is 0 Å². The van der Waals surface area contributed by atoms with Crippen molar-refractivity contribution in [2.24, 2.45) is 14.1 Å². The minimum Gasteiger partial charge on any atom is -0.633 e. The Morgan fingerprint density at radius 2 is 1.42 bits per heavy atom. The first-order chi connectivity index (χ1) is 23.2. The number of anilines is 2. The number of hydrogen-bond donors (Lipinski definition) is 3. The van der Waals surface area contributed by atoms with Crippen molar-refractivity contribution in [3.63, 3.8) is 0 Å². The first-order valence-electron chi connectivity index (χ1n) is 16.1. The molecule has 1 aliphatic heterocycles. The summed E-state index contributed by atoms with van der Waals surface area (Å²) >= 11 is 0. The SMILES string of the molecule is Cn1cc(NC(=O)c2cc(NC(=O)c3ccc(/C=C/c4cnc5ccccc5c4)cc3)cn2C)cc1C(=O)NCC[N+]1([O-])CCCCC1. The van der Waals surface area contributed by atoms with E-state index in [1.54, 1.807) is 59.9 Å². The number of benzene rings is 2. The molecule has 11 heteroatoms. The monoisotopic (exact) mass is 645 g/mol. The van der Waals surface area contributed by atoms with Crippen LogP contribution in [-0.2, 0) is 14.1 Å². The van der Waals surface area contributed by atoms with Gasteiger partial charge >= 0.3 is 0 Å². The lowest BCUT2D eigenvalue weighted by Gasteiger charge is -2.45. The molecule has 4 heterocycles. The molecule has 0 unspecified atom stereocenters. The van der Waals surface area contributed by atoms with Crippen molar-refractivity contribution in [3.8, 4) is 0 Å². The van der Waals surface area contributed by atoms with E-state index in [0.29, 0.717) is 48.0 Å². The average Bonchev–Trinajstić information content (AvgIpc) is 3.64. The minimum absolute atomic E-state index is 0.261. The first-order valence-corrected chi connectivity index (χ1v) is 16.1. The predicted octanol–water partition coefficient (Wildman–Crippen LogP) is 5.82. The van der Waals surface area contributed by atoms with Gasteiger partial charge in [0, 0.05) is 43.6 Å². The van der Waals surface area contributed by atoms with Crippen LogP contribution in [0.1, 0.15) is 61.7 Å². The van der Waals surface area contributed by atoms with Gasteiger partial charge in [-0.25, -0.2) is 0 Å². The third-order valence-electron chi connectivity index (χ3n) is 8.68. The second kappa shape index (κ2) is 14.1. The van der Waals surface area contributed by atoms with E-state index in [0.717, 1.165) is 41.3 Å². The molecule has 1 aliphatic rings. The van der Waals surface area contributed by atoms with E-state index < -0.39 is 5.91 Å². The van der Waals surface area contributed by atoms with Crippen molar-refractivity contribution < 1.29 is 19.0 Å². The lowest BCUT2D eigenvalue weighted by Crippen LogP contribution is -2.50. The average molecular weight is 646 g/mol. The molecular weight excluding hydrogens is 606 g/mol. The molecule has 0 aliphatic carbocycles. The smallest absolute Gasteiger partial charge is 0.272 e. The molecule has 246 valence electrons. The van der Waals surface area contributed by atoms with Gasteiger partial charge in [0.2, 0.25) is 0 Å². The standard InChI is InChI=1S/C37H39N7O4/c1-42-25-31(21-33(42)36(46)38-16-19-44(48)17-6-3-7-18-44)41-37(47)34-22-30(24-43(34)2)40-35(45)28-14-12-26(13-15-28)10-11-27-20-29-8-4-5-9-32(29)39-23-27/h4-5,8-15,20-25H,3,6-7,16-19H2,1-2H3,(H,38,46)(H,40,45)(H,41,47)/b11-10+. The fourth-order valence-electron chi connectivity index (χ4n) is 6.01. The lowest BCUT2D eigenvalue weighted by molar-refractivity contribution is -0.884. The predicted molar refractivity (Wildman–Crippen MR) is 188 cm³/mol. The molecular formula is C37H39N7O4. The number of aromatic nitrogens is 3. The lowest BCUT2D eigenvalue weighted by atomic mass is 10.1. The summed E-state index contributed by atoms with van der Waals surface area (Å²) in [6.45, 7) is 1.83. The van der Waals surface area contributed by atoms with Crippen LogP contribution in [0.2, 0.25) is 0 Å². The van der Waals surface area contributed by atoms with E-state index in [1.165, 1.54) is 0 Å². The van der Waals surface area contributed by atoms with Crippen LogP contribution in [0.4, 0.5) is 11.4 Å². The zero-order valence-corrected chi connectivity index (χ0v) is 27.1. The largest absolute Gasteiger partial charge is 0.633 e. The summed E-state index contributed by atoms with van der Waals surface area (Å²) in [5.41, 5.74) is 4.97. The van der Waals surface area contributed by atoms with Gasteiger partial charge in [-0.15, -0.1) is 0 Å². The number of quaternary nitrogens is 1. The van der Waals surface area contributed by atoms with Gasteiger partial charge in [0.05, 0.1) is 43.1 Å². The molecule has 3 aromatic heterocycles. The minimum atomic E-state index is -0.392. The number of para-hydroxylation sites is 1. The maximum atomic E-state index is 13.1. The summed E-state index contributed by atoms with van der Waals surface area (Å²) in [6, 6.07) is 20.5.